The maximum Gasteiger partial charge on any atom is 0.260 e. The van der Waals surface area contributed by atoms with Gasteiger partial charge in [0.1, 0.15) is 5.75 Å². The molecule has 2 rings (SSSR count). The van der Waals surface area contributed by atoms with Crippen LogP contribution < -0.4 is 4.74 Å². The largest absolute Gasteiger partial charge is 0.484 e. The highest BCUT2D eigenvalue weighted by atomic mass is 16.5. The van der Waals surface area contributed by atoms with Gasteiger partial charge in [-0.3, -0.25) is 4.79 Å². The van der Waals surface area contributed by atoms with Crippen molar-refractivity contribution in [2.75, 3.05) is 19.8 Å². The summed E-state index contributed by atoms with van der Waals surface area (Å²) in [6.45, 7) is 7.29. The van der Waals surface area contributed by atoms with Gasteiger partial charge in [-0.25, -0.2) is 0 Å². The van der Waals surface area contributed by atoms with Crippen LogP contribution in [0, 0.1) is 6.92 Å². The van der Waals surface area contributed by atoms with E-state index in [1.165, 1.54) is 0 Å². The first-order valence-electron chi connectivity index (χ1n) is 6.67. The molecule has 1 aromatic rings. The Balaban J connectivity index is 1.90. The molecule has 1 heterocycles. The number of rotatable bonds is 3. The van der Waals surface area contributed by atoms with Crippen molar-refractivity contribution in [1.82, 2.24) is 4.90 Å². The maximum absolute atomic E-state index is 12.2. The molecule has 2 unspecified atom stereocenters. The van der Waals surface area contributed by atoms with Gasteiger partial charge in [-0.2, -0.15) is 0 Å². The number of amides is 1. The summed E-state index contributed by atoms with van der Waals surface area (Å²) in [4.78, 5) is 14.0. The third-order valence-corrected chi connectivity index (χ3v) is 3.28. The fourth-order valence-electron chi connectivity index (χ4n) is 2.18. The highest BCUT2D eigenvalue weighted by Crippen LogP contribution is 2.14. The number of aryl methyl sites for hydroxylation is 1. The first-order valence-corrected chi connectivity index (χ1v) is 6.67. The summed E-state index contributed by atoms with van der Waals surface area (Å²) in [5, 5.41) is 0. The summed E-state index contributed by atoms with van der Waals surface area (Å²) in [7, 11) is 0. The molecule has 1 saturated heterocycles. The number of nitrogens with zero attached hydrogens (tertiary/aromatic N) is 1. The van der Waals surface area contributed by atoms with E-state index in [2.05, 4.69) is 0 Å². The summed E-state index contributed by atoms with van der Waals surface area (Å²) in [6.07, 6.45) is 0.0964. The Kier molecular flexibility index (Phi) is 4.43. The van der Waals surface area contributed by atoms with Crippen molar-refractivity contribution in [3.63, 3.8) is 0 Å². The zero-order valence-corrected chi connectivity index (χ0v) is 11.8. The predicted octanol–water partition coefficient (Wildman–Crippen LogP) is 2.01. The number of carbonyl (C=O) groups is 1. The molecule has 4 nitrogen and oxygen atoms in total. The third kappa shape index (κ3) is 3.70. The lowest BCUT2D eigenvalue weighted by atomic mass is 10.2. The van der Waals surface area contributed by atoms with Crippen LogP contribution in [0.15, 0.2) is 24.3 Å². The Hall–Kier alpha value is -1.55. The van der Waals surface area contributed by atoms with E-state index in [1.807, 2.05) is 49.9 Å². The number of carbonyl (C=O) groups excluding carboxylic acids is 1. The van der Waals surface area contributed by atoms with E-state index in [9.17, 15) is 4.79 Å². The maximum atomic E-state index is 12.2. The smallest absolute Gasteiger partial charge is 0.260 e. The lowest BCUT2D eigenvalue weighted by Crippen LogP contribution is -2.51. The number of hydrogen-bond acceptors (Lipinski definition) is 3. The fraction of sp³-hybridized carbons (Fsp3) is 0.533. The zero-order valence-electron chi connectivity index (χ0n) is 11.8. The van der Waals surface area contributed by atoms with Gasteiger partial charge in [-0.05, 0) is 38.5 Å². The molecule has 1 aromatic carbocycles. The topological polar surface area (TPSA) is 38.8 Å². The van der Waals surface area contributed by atoms with Gasteiger partial charge in [0, 0.05) is 6.54 Å². The van der Waals surface area contributed by atoms with E-state index in [1.54, 1.807) is 0 Å². The standard InChI is InChI=1S/C15H21NO3/c1-11-5-4-6-14(7-11)19-10-15(17)16-8-13(3)18-9-12(16)2/h4-7,12-13H,8-10H2,1-3H3. The second kappa shape index (κ2) is 6.06. The highest BCUT2D eigenvalue weighted by molar-refractivity contribution is 5.78. The third-order valence-electron chi connectivity index (χ3n) is 3.28. The van der Waals surface area contributed by atoms with E-state index in [0.717, 1.165) is 11.3 Å². The van der Waals surface area contributed by atoms with E-state index in [4.69, 9.17) is 9.47 Å². The minimum atomic E-state index is 0.0177. The van der Waals surface area contributed by atoms with Gasteiger partial charge < -0.3 is 14.4 Å². The lowest BCUT2D eigenvalue weighted by Gasteiger charge is -2.36. The summed E-state index contributed by atoms with van der Waals surface area (Å²) in [6, 6.07) is 7.84. The average Bonchev–Trinajstić information content (AvgIpc) is 2.39. The number of ether oxygens (including phenoxy) is 2. The van der Waals surface area contributed by atoms with E-state index >= 15 is 0 Å². The molecule has 0 saturated carbocycles. The summed E-state index contributed by atoms with van der Waals surface area (Å²) >= 11 is 0. The molecule has 1 aliphatic heterocycles. The molecular weight excluding hydrogens is 242 g/mol. The van der Waals surface area contributed by atoms with Crippen LogP contribution in [0.2, 0.25) is 0 Å². The average molecular weight is 263 g/mol. The van der Waals surface area contributed by atoms with Crippen LogP contribution in [0.25, 0.3) is 0 Å². The molecule has 0 aliphatic carbocycles. The van der Waals surface area contributed by atoms with Crippen molar-refractivity contribution in [3.8, 4) is 5.75 Å². The summed E-state index contributed by atoms with van der Waals surface area (Å²) in [5.41, 5.74) is 1.12. The minimum absolute atomic E-state index is 0.0177. The van der Waals surface area contributed by atoms with E-state index < -0.39 is 0 Å². The van der Waals surface area contributed by atoms with Crippen LogP contribution in [-0.4, -0.2) is 42.7 Å². The molecule has 1 amide bonds. The second-order valence-electron chi connectivity index (χ2n) is 5.14. The lowest BCUT2D eigenvalue weighted by molar-refractivity contribution is -0.145. The molecule has 104 valence electrons. The normalized spacial score (nSPS) is 23.2. The van der Waals surface area contributed by atoms with Gasteiger partial charge in [0.2, 0.25) is 0 Å². The van der Waals surface area contributed by atoms with Gasteiger partial charge in [0.25, 0.3) is 5.91 Å². The van der Waals surface area contributed by atoms with Crippen LogP contribution in [-0.2, 0) is 9.53 Å². The molecule has 0 spiro atoms. The summed E-state index contributed by atoms with van der Waals surface area (Å²) in [5.74, 6) is 0.756. The van der Waals surface area contributed by atoms with Gasteiger partial charge in [-0.1, -0.05) is 12.1 Å². The van der Waals surface area contributed by atoms with Gasteiger partial charge in [-0.15, -0.1) is 0 Å². The van der Waals surface area contributed by atoms with E-state index in [-0.39, 0.29) is 24.7 Å². The Bertz CT molecular complexity index is 447. The number of benzene rings is 1. The summed E-state index contributed by atoms with van der Waals surface area (Å²) < 4.78 is 11.1. The molecular formula is C15H21NO3. The van der Waals surface area contributed by atoms with E-state index in [0.29, 0.717) is 13.2 Å². The fourth-order valence-corrected chi connectivity index (χ4v) is 2.18. The van der Waals surface area contributed by atoms with Crippen molar-refractivity contribution in [2.24, 2.45) is 0 Å². The van der Waals surface area contributed by atoms with Crippen molar-refractivity contribution >= 4 is 5.91 Å². The predicted molar refractivity (Wildman–Crippen MR) is 73.3 cm³/mol. The van der Waals surface area contributed by atoms with Crippen LogP contribution in [0.1, 0.15) is 19.4 Å². The van der Waals surface area contributed by atoms with Gasteiger partial charge >= 0.3 is 0 Å². The molecule has 0 aromatic heterocycles. The molecule has 0 bridgehead atoms. The van der Waals surface area contributed by atoms with Crippen molar-refractivity contribution in [3.05, 3.63) is 29.8 Å². The first-order chi connectivity index (χ1) is 9.06. The Morgan fingerprint density at radius 3 is 3.00 bits per heavy atom. The molecule has 1 fully saturated rings. The Labute approximate surface area is 114 Å². The molecule has 1 aliphatic rings. The van der Waals surface area contributed by atoms with Crippen LogP contribution >= 0.6 is 0 Å². The SMILES string of the molecule is Cc1cccc(OCC(=O)N2CC(C)OCC2C)c1. The van der Waals surface area contributed by atoms with Crippen molar-refractivity contribution in [1.29, 1.82) is 0 Å². The van der Waals surface area contributed by atoms with Gasteiger partial charge in [0.15, 0.2) is 6.61 Å². The van der Waals surface area contributed by atoms with Crippen LogP contribution in [0.5, 0.6) is 5.75 Å². The van der Waals surface area contributed by atoms with Crippen molar-refractivity contribution in [2.45, 2.75) is 32.9 Å². The Morgan fingerprint density at radius 1 is 1.47 bits per heavy atom. The highest BCUT2D eigenvalue weighted by Gasteiger charge is 2.27. The second-order valence-corrected chi connectivity index (χ2v) is 5.14. The van der Waals surface area contributed by atoms with Crippen LogP contribution in [0.4, 0.5) is 0 Å². The zero-order chi connectivity index (χ0) is 13.8. The molecule has 2 atom stereocenters. The molecule has 19 heavy (non-hydrogen) atoms. The number of morpholine rings is 1. The molecule has 0 N–H and O–H groups in total. The minimum Gasteiger partial charge on any atom is -0.484 e. The van der Waals surface area contributed by atoms with Crippen molar-refractivity contribution < 1.29 is 14.3 Å². The van der Waals surface area contributed by atoms with Crippen LogP contribution in [0.3, 0.4) is 0 Å². The Morgan fingerprint density at radius 2 is 2.26 bits per heavy atom. The number of hydrogen-bond donors (Lipinski definition) is 0. The monoisotopic (exact) mass is 263 g/mol. The first kappa shape index (κ1) is 13.9. The quantitative estimate of drug-likeness (QED) is 0.837. The van der Waals surface area contributed by atoms with Gasteiger partial charge in [0.05, 0.1) is 18.8 Å². The molecule has 0 radical (unpaired) electrons. The molecule has 4 heteroatoms.